The van der Waals surface area contributed by atoms with Crippen molar-refractivity contribution >= 4 is 36.2 Å². The molecule has 14 nitrogen and oxygen atoms in total. The third kappa shape index (κ3) is 24.9. The van der Waals surface area contributed by atoms with E-state index in [0.717, 1.165) is 82.6 Å². The zero-order chi connectivity index (χ0) is 40.1. The largest absolute Gasteiger partial charge is 0.444 e. The number of aliphatic imine (C=N–C) groups is 2. The van der Waals surface area contributed by atoms with Crippen LogP contribution in [0.25, 0.3) is 0 Å². The lowest BCUT2D eigenvalue weighted by atomic mass is 10.1. The monoisotopic (exact) mass is 750 g/mol. The molecule has 0 aromatic carbocycles. The van der Waals surface area contributed by atoms with Crippen molar-refractivity contribution in [3.8, 4) is 0 Å². The lowest BCUT2D eigenvalue weighted by Crippen LogP contribution is -2.50. The van der Waals surface area contributed by atoms with Gasteiger partial charge in [-0.2, -0.15) is 0 Å². The lowest BCUT2D eigenvalue weighted by molar-refractivity contribution is 0.0371. The molecule has 0 spiro atoms. The molecule has 53 heavy (non-hydrogen) atoms. The van der Waals surface area contributed by atoms with Gasteiger partial charge in [-0.15, -0.1) is 0 Å². The number of urea groups is 1. The molecule has 1 heterocycles. The zero-order valence-corrected chi connectivity index (χ0v) is 34.7. The van der Waals surface area contributed by atoms with Gasteiger partial charge in [-0.25, -0.2) is 24.1 Å². The van der Waals surface area contributed by atoms with Gasteiger partial charge in [0.05, 0.1) is 6.54 Å². The fraction of sp³-hybridized carbons (Fsp3) is 0.795. The Morgan fingerprint density at radius 2 is 1.34 bits per heavy atom. The number of nitrogens with one attached hydrogen (secondary N) is 3. The van der Waals surface area contributed by atoms with Crippen LogP contribution < -0.4 is 16.0 Å². The van der Waals surface area contributed by atoms with E-state index in [0.29, 0.717) is 26.2 Å². The van der Waals surface area contributed by atoms with Crippen LogP contribution in [0.15, 0.2) is 21.6 Å². The van der Waals surface area contributed by atoms with Crippen LogP contribution in [0.3, 0.4) is 0 Å². The quantitative estimate of drug-likeness (QED) is 0.0626. The Kier molecular flexibility index (Phi) is 21.1. The Bertz CT molecular complexity index is 1240. The first-order valence-corrected chi connectivity index (χ1v) is 19.4. The molecule has 0 saturated heterocycles. The summed E-state index contributed by atoms with van der Waals surface area (Å²) in [6.45, 7) is 22.2. The molecule has 5 amide bonds. The molecular formula is C39H71N7O7. The fourth-order valence-electron chi connectivity index (χ4n) is 5.05. The number of nitrogens with zero attached hydrogens (tertiary/aromatic N) is 4. The Hall–Kier alpha value is -3.84. The number of hydrogen-bond donors (Lipinski definition) is 3. The summed E-state index contributed by atoms with van der Waals surface area (Å²) in [5.74, 6) is 0.201. The highest BCUT2D eigenvalue weighted by atomic mass is 16.6. The number of rotatable bonds is 11. The predicted molar refractivity (Wildman–Crippen MR) is 211 cm³/mol. The highest BCUT2D eigenvalue weighted by molar-refractivity contribution is 6.03. The third-order valence-electron chi connectivity index (χ3n) is 7.50. The topological polar surface area (TPSA) is 163 Å². The Morgan fingerprint density at radius 3 is 1.94 bits per heavy atom. The molecule has 0 bridgehead atoms. The van der Waals surface area contributed by atoms with Crippen LogP contribution in [0.5, 0.6) is 0 Å². The molecule has 0 atom stereocenters. The van der Waals surface area contributed by atoms with Gasteiger partial charge in [0, 0.05) is 26.2 Å². The van der Waals surface area contributed by atoms with Crippen LogP contribution in [0, 0.1) is 0 Å². The van der Waals surface area contributed by atoms with E-state index >= 15 is 0 Å². The average molecular weight is 750 g/mol. The maximum Gasteiger partial charge on any atom is 0.417 e. The minimum Gasteiger partial charge on any atom is -0.444 e. The van der Waals surface area contributed by atoms with Crippen molar-refractivity contribution in [2.75, 3.05) is 32.7 Å². The first-order valence-electron chi connectivity index (χ1n) is 19.4. The van der Waals surface area contributed by atoms with Crippen LogP contribution in [0.1, 0.15) is 153 Å². The molecule has 1 rings (SSSR count). The van der Waals surface area contributed by atoms with Gasteiger partial charge in [0.1, 0.15) is 16.8 Å². The summed E-state index contributed by atoms with van der Waals surface area (Å²) < 4.78 is 16.5. The van der Waals surface area contributed by atoms with Crippen molar-refractivity contribution in [1.82, 2.24) is 25.8 Å². The van der Waals surface area contributed by atoms with Gasteiger partial charge in [0.15, 0.2) is 0 Å². The van der Waals surface area contributed by atoms with E-state index in [1.165, 1.54) is 4.90 Å². The van der Waals surface area contributed by atoms with Crippen LogP contribution in [0.2, 0.25) is 0 Å². The number of hydrogen-bond acceptors (Lipinski definition) is 9. The van der Waals surface area contributed by atoms with E-state index in [9.17, 15) is 19.2 Å². The van der Waals surface area contributed by atoms with Crippen LogP contribution >= 0.6 is 0 Å². The van der Waals surface area contributed by atoms with Gasteiger partial charge in [0.25, 0.3) is 0 Å². The van der Waals surface area contributed by atoms with Crippen LogP contribution in [-0.2, 0) is 14.2 Å². The van der Waals surface area contributed by atoms with Gasteiger partial charge < -0.3 is 19.1 Å². The van der Waals surface area contributed by atoms with Crippen molar-refractivity contribution in [2.24, 2.45) is 9.98 Å². The Morgan fingerprint density at radius 1 is 0.792 bits per heavy atom. The molecule has 0 aromatic rings. The van der Waals surface area contributed by atoms with E-state index in [-0.39, 0.29) is 24.5 Å². The summed E-state index contributed by atoms with van der Waals surface area (Å²) in [7, 11) is 0. The van der Waals surface area contributed by atoms with E-state index in [4.69, 9.17) is 14.2 Å². The lowest BCUT2D eigenvalue weighted by Gasteiger charge is -2.28. The molecule has 0 aromatic heterocycles. The van der Waals surface area contributed by atoms with E-state index in [2.05, 4.69) is 25.9 Å². The van der Waals surface area contributed by atoms with Gasteiger partial charge in [0.2, 0.25) is 11.9 Å². The molecule has 0 fully saturated rings. The van der Waals surface area contributed by atoms with Crippen LogP contribution in [0.4, 0.5) is 19.2 Å². The smallest absolute Gasteiger partial charge is 0.417 e. The van der Waals surface area contributed by atoms with Crippen molar-refractivity contribution in [3.05, 3.63) is 11.6 Å². The van der Waals surface area contributed by atoms with Crippen LogP contribution in [-0.4, -0.2) is 95.6 Å². The standard InChI is InChI=1S/C39H71N7O7/c1-30(2)24-29-46(36(50)53-39(9,10)11)32(44-35(49)52-38(6,7)8)41-26-21-17-13-15-19-23-28-45-27-22-18-14-12-16-20-25-40-31(42-33(45)47)43-34(48)51-37(3,4)5/h24H,12-23,25-29H2,1-11H3,(H,41,44,49)(H2,40,42,43,47,48). The number of ether oxygens (including phenoxy) is 3. The summed E-state index contributed by atoms with van der Waals surface area (Å²) in [6, 6.07) is -0.280. The Labute approximate surface area is 319 Å². The molecule has 304 valence electrons. The zero-order valence-electron chi connectivity index (χ0n) is 34.7. The first-order chi connectivity index (χ1) is 24.6. The summed E-state index contributed by atoms with van der Waals surface area (Å²) in [5.41, 5.74) is -1.13. The van der Waals surface area contributed by atoms with E-state index < -0.39 is 35.1 Å². The summed E-state index contributed by atoms with van der Waals surface area (Å²) >= 11 is 0. The van der Waals surface area contributed by atoms with Crippen molar-refractivity contribution in [1.29, 1.82) is 0 Å². The molecule has 1 aliphatic rings. The number of guanidine groups is 2. The second-order valence-corrected chi connectivity index (χ2v) is 16.7. The molecule has 0 radical (unpaired) electrons. The maximum atomic E-state index is 13.3. The molecule has 1 aliphatic heterocycles. The van der Waals surface area contributed by atoms with Gasteiger partial charge in [-0.05, 0) is 102 Å². The number of alkyl carbamates (subject to hydrolysis) is 2. The SMILES string of the molecule is CC(C)=CCN(C(=O)OC(C)(C)C)C(=NCCCCCCCCN1CCCCCCCCN=C(NC(=O)OC(C)(C)C)NC1=O)NC(=O)OC(C)(C)C. The molecule has 14 heteroatoms. The fourth-order valence-corrected chi connectivity index (χ4v) is 5.05. The highest BCUT2D eigenvalue weighted by Crippen LogP contribution is 2.14. The molecule has 0 aliphatic carbocycles. The van der Waals surface area contributed by atoms with Gasteiger partial charge in [-0.3, -0.25) is 25.9 Å². The summed E-state index contributed by atoms with van der Waals surface area (Å²) in [5, 5.41) is 8.10. The van der Waals surface area contributed by atoms with Crippen molar-refractivity contribution in [2.45, 2.75) is 170 Å². The van der Waals surface area contributed by atoms with Crippen molar-refractivity contribution in [3.63, 3.8) is 0 Å². The molecule has 0 unspecified atom stereocenters. The summed E-state index contributed by atoms with van der Waals surface area (Å²) in [6.07, 6.45) is 11.5. The second kappa shape index (κ2) is 23.7. The van der Waals surface area contributed by atoms with E-state index in [1.807, 2.05) is 24.8 Å². The van der Waals surface area contributed by atoms with Gasteiger partial charge >= 0.3 is 24.3 Å². The number of carbonyl (C=O) groups is 4. The Balaban J connectivity index is 2.80. The highest BCUT2D eigenvalue weighted by Gasteiger charge is 2.28. The molecule has 0 saturated carbocycles. The predicted octanol–water partition coefficient (Wildman–Crippen LogP) is 8.66. The normalized spacial score (nSPS) is 15.4. The second-order valence-electron chi connectivity index (χ2n) is 16.7. The minimum atomic E-state index is -0.735. The maximum absolute atomic E-state index is 13.3. The number of carbonyl (C=O) groups excluding carboxylic acids is 4. The first kappa shape index (κ1) is 47.2. The molecule has 3 N–H and O–H groups in total. The minimum absolute atomic E-state index is 0.0838. The number of unbranched alkanes of at least 4 members (excludes halogenated alkanes) is 5. The average Bonchev–Trinajstić information content (AvgIpc) is 3.00. The third-order valence-corrected chi connectivity index (χ3v) is 7.50. The number of allylic oxidation sites excluding steroid dienone is 1. The van der Waals surface area contributed by atoms with E-state index in [1.54, 1.807) is 62.3 Å². The van der Waals surface area contributed by atoms with Crippen molar-refractivity contribution < 1.29 is 33.4 Å². The summed E-state index contributed by atoms with van der Waals surface area (Å²) in [4.78, 5) is 63.9. The van der Waals surface area contributed by atoms with Gasteiger partial charge in [-0.1, -0.05) is 63.0 Å². The molecular weight excluding hydrogens is 678 g/mol. The number of amides is 5.